The number of hydrogen-bond acceptors (Lipinski definition) is 4. The number of carbonyl (C=O) groups excluding carboxylic acids is 2. The van der Waals surface area contributed by atoms with Crippen LogP contribution in [0.5, 0.6) is 0 Å². The van der Waals surface area contributed by atoms with Crippen molar-refractivity contribution in [1.29, 1.82) is 0 Å². The van der Waals surface area contributed by atoms with Gasteiger partial charge in [-0.05, 0) is 31.9 Å². The maximum absolute atomic E-state index is 13.6. The molecule has 1 aromatic carbocycles. The molecule has 0 aliphatic carbocycles. The van der Waals surface area contributed by atoms with Gasteiger partial charge in [0, 0.05) is 51.3 Å². The van der Waals surface area contributed by atoms with Crippen LogP contribution < -0.4 is 4.90 Å². The molecule has 7 heteroatoms. The summed E-state index contributed by atoms with van der Waals surface area (Å²) in [6.45, 7) is 7.57. The lowest BCUT2D eigenvalue weighted by molar-refractivity contribution is -0.131. The van der Waals surface area contributed by atoms with Crippen molar-refractivity contribution in [2.75, 3.05) is 37.6 Å². The highest BCUT2D eigenvalue weighted by atomic mass is 16.2. The first kappa shape index (κ1) is 19.6. The molecule has 29 heavy (non-hydrogen) atoms. The number of anilines is 1. The average Bonchev–Trinajstić information content (AvgIpc) is 3.39. The summed E-state index contributed by atoms with van der Waals surface area (Å²) in [7, 11) is 1.99. The first-order chi connectivity index (χ1) is 14.0. The summed E-state index contributed by atoms with van der Waals surface area (Å²) in [6.07, 6.45) is 4.51. The first-order valence-corrected chi connectivity index (χ1v) is 10.4. The zero-order valence-corrected chi connectivity index (χ0v) is 17.5. The van der Waals surface area contributed by atoms with Crippen molar-refractivity contribution in [2.24, 2.45) is 7.05 Å². The summed E-state index contributed by atoms with van der Waals surface area (Å²) >= 11 is 0. The smallest absolute Gasteiger partial charge is 0.242 e. The van der Waals surface area contributed by atoms with E-state index in [9.17, 15) is 9.59 Å². The molecule has 1 atom stereocenters. The van der Waals surface area contributed by atoms with E-state index < -0.39 is 5.41 Å². The Hall–Kier alpha value is -2.67. The maximum atomic E-state index is 13.6. The zero-order chi connectivity index (χ0) is 20.6. The van der Waals surface area contributed by atoms with E-state index in [-0.39, 0.29) is 18.4 Å². The number of amides is 2. The molecule has 3 heterocycles. The molecule has 0 bridgehead atoms. The number of carbonyl (C=O) groups is 2. The van der Waals surface area contributed by atoms with Gasteiger partial charge in [-0.3, -0.25) is 14.5 Å². The zero-order valence-electron chi connectivity index (χ0n) is 17.5. The van der Waals surface area contributed by atoms with Crippen molar-refractivity contribution in [1.82, 2.24) is 19.4 Å². The van der Waals surface area contributed by atoms with E-state index in [0.29, 0.717) is 19.6 Å². The molecular formula is C22H29N5O2. The lowest BCUT2D eigenvalue weighted by Gasteiger charge is -2.26. The number of hydrogen-bond donors (Lipinski definition) is 0. The van der Waals surface area contributed by atoms with Gasteiger partial charge in [0.25, 0.3) is 0 Å². The van der Waals surface area contributed by atoms with E-state index >= 15 is 0 Å². The van der Waals surface area contributed by atoms with E-state index in [2.05, 4.69) is 16.0 Å². The van der Waals surface area contributed by atoms with E-state index in [1.54, 1.807) is 16.0 Å². The van der Waals surface area contributed by atoms with Gasteiger partial charge in [-0.2, -0.15) is 0 Å². The summed E-state index contributed by atoms with van der Waals surface area (Å²) in [5, 5.41) is 0. The highest BCUT2D eigenvalue weighted by Crippen LogP contribution is 2.47. The van der Waals surface area contributed by atoms with Crippen molar-refractivity contribution in [2.45, 2.75) is 32.2 Å². The largest absolute Gasteiger partial charge is 0.342 e. The van der Waals surface area contributed by atoms with Crippen molar-refractivity contribution >= 4 is 17.5 Å². The van der Waals surface area contributed by atoms with Gasteiger partial charge in [0.1, 0.15) is 12.4 Å². The Bertz CT molecular complexity index is 919. The summed E-state index contributed by atoms with van der Waals surface area (Å²) in [4.78, 5) is 36.6. The van der Waals surface area contributed by atoms with Crippen molar-refractivity contribution in [3.05, 3.63) is 48.0 Å². The summed E-state index contributed by atoms with van der Waals surface area (Å²) in [5.41, 5.74) is 1.38. The van der Waals surface area contributed by atoms with Crippen LogP contribution in [0.3, 0.4) is 0 Å². The predicted octanol–water partition coefficient (Wildman–Crippen LogP) is 1.78. The van der Waals surface area contributed by atoms with Gasteiger partial charge >= 0.3 is 0 Å². The molecule has 1 unspecified atom stereocenters. The van der Waals surface area contributed by atoms with Crippen LogP contribution in [0.15, 0.2) is 36.7 Å². The van der Waals surface area contributed by atoms with E-state index in [1.807, 2.05) is 49.9 Å². The molecule has 7 nitrogen and oxygen atoms in total. The Balaban J connectivity index is 1.59. The summed E-state index contributed by atoms with van der Waals surface area (Å²) in [5.74, 6) is 1.05. The third-order valence-corrected chi connectivity index (χ3v) is 6.41. The topological polar surface area (TPSA) is 61.7 Å². The number of fused-ring (bicyclic) bond motifs is 2. The highest BCUT2D eigenvalue weighted by Gasteiger charge is 2.54. The fourth-order valence-electron chi connectivity index (χ4n) is 4.73. The van der Waals surface area contributed by atoms with Crippen LogP contribution in [0.4, 0.5) is 5.69 Å². The molecule has 1 fully saturated rings. The fourth-order valence-corrected chi connectivity index (χ4v) is 4.73. The van der Waals surface area contributed by atoms with E-state index in [0.717, 1.165) is 36.6 Å². The normalized spacial score (nSPS) is 21.2. The predicted molar refractivity (Wildman–Crippen MR) is 112 cm³/mol. The van der Waals surface area contributed by atoms with Crippen LogP contribution in [-0.4, -0.2) is 63.9 Å². The summed E-state index contributed by atoms with van der Waals surface area (Å²) < 4.78 is 2.02. The van der Waals surface area contributed by atoms with Crippen molar-refractivity contribution < 1.29 is 9.59 Å². The summed E-state index contributed by atoms with van der Waals surface area (Å²) in [6, 6.07) is 7.96. The number of imidazole rings is 1. The molecule has 1 spiro atoms. The van der Waals surface area contributed by atoms with Gasteiger partial charge in [0.05, 0.1) is 12.0 Å². The molecular weight excluding hydrogens is 366 g/mol. The lowest BCUT2D eigenvalue weighted by atomic mass is 9.81. The number of nitrogens with zero attached hydrogens (tertiary/aromatic N) is 5. The molecule has 2 aromatic rings. The van der Waals surface area contributed by atoms with Crippen LogP contribution >= 0.6 is 0 Å². The molecule has 2 amide bonds. The first-order valence-electron chi connectivity index (χ1n) is 10.4. The number of para-hydroxylation sites is 1. The Kier molecular flexibility index (Phi) is 5.17. The van der Waals surface area contributed by atoms with Crippen molar-refractivity contribution in [3.63, 3.8) is 0 Å². The fraction of sp³-hybridized carbons (Fsp3) is 0.500. The third-order valence-electron chi connectivity index (χ3n) is 6.41. The van der Waals surface area contributed by atoms with E-state index in [1.165, 1.54) is 0 Å². The van der Waals surface area contributed by atoms with Crippen LogP contribution in [-0.2, 0) is 28.6 Å². The van der Waals surface area contributed by atoms with Crippen LogP contribution in [0, 0.1) is 0 Å². The standard InChI is InChI=1S/C22H29N5O2/c1-4-26(5-2)20(28)15-27-18-9-7-6-8-17(18)22(21(27)29)10-12-25(16-22)14-19-23-11-13-24(19)3/h6-9,11,13H,4-5,10,12,14-16H2,1-3H3. The minimum atomic E-state index is -0.564. The number of benzene rings is 1. The number of aryl methyl sites for hydroxylation is 1. The van der Waals surface area contributed by atoms with Gasteiger partial charge in [0.15, 0.2) is 0 Å². The second-order valence-corrected chi connectivity index (χ2v) is 7.97. The molecule has 2 aliphatic heterocycles. The monoisotopic (exact) mass is 395 g/mol. The molecule has 4 rings (SSSR count). The molecule has 1 saturated heterocycles. The molecule has 2 aliphatic rings. The van der Waals surface area contributed by atoms with Crippen LogP contribution in [0.25, 0.3) is 0 Å². The van der Waals surface area contributed by atoms with Crippen LogP contribution in [0.1, 0.15) is 31.7 Å². The third kappa shape index (κ3) is 3.23. The highest BCUT2D eigenvalue weighted by molar-refractivity contribution is 6.11. The molecule has 154 valence electrons. The van der Waals surface area contributed by atoms with Gasteiger partial charge in [-0.1, -0.05) is 18.2 Å². The van der Waals surface area contributed by atoms with Gasteiger partial charge in [-0.15, -0.1) is 0 Å². The minimum absolute atomic E-state index is 0.00179. The minimum Gasteiger partial charge on any atom is -0.342 e. The van der Waals surface area contributed by atoms with Gasteiger partial charge in [-0.25, -0.2) is 4.98 Å². The SMILES string of the molecule is CCN(CC)C(=O)CN1C(=O)C2(CCN(Cc3nccn3C)C2)c2ccccc21. The molecule has 0 radical (unpaired) electrons. The molecule has 0 saturated carbocycles. The quantitative estimate of drug-likeness (QED) is 0.748. The Labute approximate surface area is 171 Å². The van der Waals surface area contributed by atoms with Crippen LogP contribution in [0.2, 0.25) is 0 Å². The molecule has 0 N–H and O–H groups in total. The Morgan fingerprint density at radius 3 is 2.69 bits per heavy atom. The maximum Gasteiger partial charge on any atom is 0.242 e. The number of aromatic nitrogens is 2. The second kappa shape index (κ2) is 7.63. The number of rotatable bonds is 6. The van der Waals surface area contributed by atoms with Crippen molar-refractivity contribution in [3.8, 4) is 0 Å². The van der Waals surface area contributed by atoms with Gasteiger partial charge in [0.2, 0.25) is 11.8 Å². The average molecular weight is 396 g/mol. The Morgan fingerprint density at radius 1 is 1.24 bits per heavy atom. The number of likely N-dealkylation sites (N-methyl/N-ethyl adjacent to an activating group) is 1. The Morgan fingerprint density at radius 2 is 2.00 bits per heavy atom. The second-order valence-electron chi connectivity index (χ2n) is 7.97. The van der Waals surface area contributed by atoms with E-state index in [4.69, 9.17) is 0 Å². The lowest BCUT2D eigenvalue weighted by Crippen LogP contribution is -2.47. The number of likely N-dealkylation sites (tertiary alicyclic amines) is 1. The molecule has 1 aromatic heterocycles. The van der Waals surface area contributed by atoms with Gasteiger partial charge < -0.3 is 14.4 Å².